The van der Waals surface area contributed by atoms with E-state index < -0.39 is 0 Å². The Hall–Kier alpha value is -1.34. The predicted octanol–water partition coefficient (Wildman–Crippen LogP) is 3.14. The molecule has 3 saturated heterocycles. The minimum absolute atomic E-state index is 0.476. The molecule has 0 amide bonds. The van der Waals surface area contributed by atoms with Gasteiger partial charge in [-0.05, 0) is 37.9 Å². The smallest absolute Gasteiger partial charge is 0.147 e. The van der Waals surface area contributed by atoms with Gasteiger partial charge in [-0.2, -0.15) is 0 Å². The van der Waals surface area contributed by atoms with Crippen molar-refractivity contribution in [3.63, 3.8) is 0 Å². The summed E-state index contributed by atoms with van der Waals surface area (Å²) in [6.45, 7) is 9.90. The van der Waals surface area contributed by atoms with E-state index in [1.54, 1.807) is 11.3 Å². The third-order valence-corrected chi connectivity index (χ3v) is 7.89. The van der Waals surface area contributed by atoms with Crippen molar-refractivity contribution in [1.29, 1.82) is 0 Å². The van der Waals surface area contributed by atoms with Crippen LogP contribution in [0.5, 0.6) is 0 Å². The third-order valence-electron chi connectivity index (χ3n) is 6.93. The summed E-state index contributed by atoms with van der Waals surface area (Å²) < 4.78 is 5.87. The second-order valence-electron chi connectivity index (χ2n) is 8.28. The minimum atomic E-state index is 0.476. The Morgan fingerprint density at radius 2 is 1.96 bits per heavy atom. The van der Waals surface area contributed by atoms with Crippen LogP contribution < -0.4 is 0 Å². The van der Waals surface area contributed by atoms with Crippen LogP contribution in [0.15, 0.2) is 30.3 Å². The second kappa shape index (κ2) is 7.24. The summed E-state index contributed by atoms with van der Waals surface area (Å²) in [5, 5.41) is 11.0. The van der Waals surface area contributed by atoms with Crippen LogP contribution >= 0.6 is 11.3 Å². The summed E-state index contributed by atoms with van der Waals surface area (Å²) in [5.41, 5.74) is 1.64. The fourth-order valence-electron chi connectivity index (χ4n) is 5.36. The highest BCUT2D eigenvalue weighted by molar-refractivity contribution is 7.14. The highest BCUT2D eigenvalue weighted by atomic mass is 32.1. The molecule has 1 spiro atoms. The maximum absolute atomic E-state index is 5.87. The zero-order chi connectivity index (χ0) is 18.3. The Labute approximate surface area is 165 Å². The lowest BCUT2D eigenvalue weighted by molar-refractivity contribution is 0.0477. The van der Waals surface area contributed by atoms with Crippen molar-refractivity contribution >= 4 is 11.3 Å². The molecule has 0 bridgehead atoms. The van der Waals surface area contributed by atoms with Crippen molar-refractivity contribution in [1.82, 2.24) is 20.0 Å². The average Bonchev–Trinajstić information content (AvgIpc) is 3.43. The average molecular weight is 385 g/mol. The van der Waals surface area contributed by atoms with E-state index in [4.69, 9.17) is 4.74 Å². The number of likely N-dealkylation sites (tertiary alicyclic amines) is 2. The first-order valence-electron chi connectivity index (χ1n) is 10.2. The number of fused-ring (bicyclic) bond motifs is 2. The van der Waals surface area contributed by atoms with Crippen LogP contribution in [0, 0.1) is 11.3 Å². The molecule has 3 aliphatic heterocycles. The lowest BCUT2D eigenvalue weighted by atomic mass is 9.70. The van der Waals surface area contributed by atoms with E-state index >= 15 is 0 Å². The van der Waals surface area contributed by atoms with Crippen molar-refractivity contribution < 1.29 is 4.74 Å². The van der Waals surface area contributed by atoms with Crippen LogP contribution in [0.2, 0.25) is 0 Å². The van der Waals surface area contributed by atoms with Gasteiger partial charge in [0.25, 0.3) is 0 Å². The number of hydrogen-bond donors (Lipinski definition) is 0. The minimum Gasteiger partial charge on any atom is -0.379 e. The van der Waals surface area contributed by atoms with Gasteiger partial charge in [-0.15, -0.1) is 10.2 Å². The van der Waals surface area contributed by atoms with Gasteiger partial charge in [0.1, 0.15) is 10.0 Å². The highest BCUT2D eigenvalue weighted by Crippen LogP contribution is 2.50. The molecular formula is C21H28N4OS. The number of likely N-dealkylation sites (N-methyl/N-ethyl adjacent to an activating group) is 1. The summed E-state index contributed by atoms with van der Waals surface area (Å²) in [4.78, 5) is 5.24. The molecule has 6 heteroatoms. The van der Waals surface area contributed by atoms with Gasteiger partial charge in [-0.3, -0.25) is 9.80 Å². The van der Waals surface area contributed by atoms with Crippen LogP contribution in [0.3, 0.4) is 0 Å². The summed E-state index contributed by atoms with van der Waals surface area (Å²) in [7, 11) is 0. The van der Waals surface area contributed by atoms with Crippen molar-refractivity contribution in [3.8, 4) is 10.6 Å². The molecule has 1 aromatic heterocycles. The quantitative estimate of drug-likeness (QED) is 0.810. The Kier molecular flexibility index (Phi) is 4.76. The Bertz CT molecular complexity index is 771. The Morgan fingerprint density at radius 1 is 1.15 bits per heavy atom. The van der Waals surface area contributed by atoms with E-state index in [9.17, 15) is 0 Å². The van der Waals surface area contributed by atoms with Crippen LogP contribution in [-0.2, 0) is 11.3 Å². The maximum atomic E-state index is 5.87. The van der Waals surface area contributed by atoms with Gasteiger partial charge in [0, 0.05) is 24.1 Å². The fraction of sp³-hybridized carbons (Fsp3) is 0.619. The molecule has 1 aromatic carbocycles. The van der Waals surface area contributed by atoms with Crippen LogP contribution in [-0.4, -0.2) is 65.4 Å². The number of ether oxygens (including phenoxy) is 1. The molecule has 4 heterocycles. The van der Waals surface area contributed by atoms with Gasteiger partial charge in [0.05, 0.1) is 19.8 Å². The van der Waals surface area contributed by atoms with Gasteiger partial charge in [0.2, 0.25) is 0 Å². The number of hydrogen-bond acceptors (Lipinski definition) is 6. The van der Waals surface area contributed by atoms with Gasteiger partial charge in [-0.1, -0.05) is 48.6 Å². The number of aromatic nitrogens is 2. The van der Waals surface area contributed by atoms with E-state index in [1.807, 2.05) is 6.07 Å². The topological polar surface area (TPSA) is 41.5 Å². The first-order chi connectivity index (χ1) is 13.3. The molecular weight excluding hydrogens is 356 g/mol. The molecule has 0 unspecified atom stereocenters. The summed E-state index contributed by atoms with van der Waals surface area (Å²) in [6, 6.07) is 11.0. The molecule has 0 N–H and O–H groups in total. The molecule has 3 aliphatic rings. The van der Waals surface area contributed by atoms with E-state index in [0.717, 1.165) is 47.8 Å². The first kappa shape index (κ1) is 17.7. The summed E-state index contributed by atoms with van der Waals surface area (Å²) in [5.74, 6) is 0.741. The maximum Gasteiger partial charge on any atom is 0.147 e. The van der Waals surface area contributed by atoms with Gasteiger partial charge in [0.15, 0.2) is 0 Å². The largest absolute Gasteiger partial charge is 0.379 e. The van der Waals surface area contributed by atoms with Crippen LogP contribution in [0.4, 0.5) is 0 Å². The fourth-order valence-corrected chi connectivity index (χ4v) is 6.25. The second-order valence-corrected chi connectivity index (χ2v) is 9.34. The molecule has 0 saturated carbocycles. The van der Waals surface area contributed by atoms with Crippen molar-refractivity contribution in [2.45, 2.75) is 32.4 Å². The molecule has 2 aromatic rings. The molecule has 3 fully saturated rings. The molecule has 144 valence electrons. The molecule has 0 radical (unpaired) electrons. The number of rotatable bonds is 4. The molecule has 0 aliphatic carbocycles. The molecule has 27 heavy (non-hydrogen) atoms. The monoisotopic (exact) mass is 384 g/mol. The lowest BCUT2D eigenvalue weighted by Crippen LogP contribution is -2.44. The number of benzene rings is 1. The normalized spacial score (nSPS) is 28.0. The first-order valence-corrected chi connectivity index (χ1v) is 11.0. The molecule has 2 atom stereocenters. The van der Waals surface area contributed by atoms with Crippen molar-refractivity contribution in [2.75, 3.05) is 39.4 Å². The van der Waals surface area contributed by atoms with Gasteiger partial charge >= 0.3 is 0 Å². The SMILES string of the molecule is CCN1CC2(CCN(Cc3nnc(-c4ccccc4)s3)CC2)[C@H]2COC[C@H]21. The van der Waals surface area contributed by atoms with Crippen molar-refractivity contribution in [2.24, 2.45) is 11.3 Å². The highest BCUT2D eigenvalue weighted by Gasteiger charge is 2.54. The molecule has 5 nitrogen and oxygen atoms in total. The van der Waals surface area contributed by atoms with E-state index in [1.165, 1.54) is 32.5 Å². The Morgan fingerprint density at radius 3 is 2.74 bits per heavy atom. The van der Waals surface area contributed by atoms with E-state index in [0.29, 0.717) is 11.5 Å². The zero-order valence-electron chi connectivity index (χ0n) is 16.0. The molecule has 5 rings (SSSR count). The lowest BCUT2D eigenvalue weighted by Gasteiger charge is -2.42. The zero-order valence-corrected chi connectivity index (χ0v) is 16.8. The number of nitrogens with zero attached hydrogens (tertiary/aromatic N) is 4. The van der Waals surface area contributed by atoms with Crippen LogP contribution in [0.25, 0.3) is 10.6 Å². The van der Waals surface area contributed by atoms with Gasteiger partial charge < -0.3 is 4.74 Å². The number of piperidine rings is 1. The van der Waals surface area contributed by atoms with Crippen molar-refractivity contribution in [3.05, 3.63) is 35.3 Å². The van der Waals surface area contributed by atoms with E-state index in [-0.39, 0.29) is 0 Å². The summed E-state index contributed by atoms with van der Waals surface area (Å²) in [6.07, 6.45) is 2.58. The van der Waals surface area contributed by atoms with Crippen LogP contribution in [0.1, 0.15) is 24.8 Å². The van der Waals surface area contributed by atoms with Gasteiger partial charge in [-0.25, -0.2) is 0 Å². The third kappa shape index (κ3) is 3.23. The Balaban J connectivity index is 1.22. The standard InChI is InChI=1S/C21H28N4OS/c1-2-25-15-21(17-13-26-14-18(17)25)8-10-24(11-9-21)12-19-22-23-20(27-19)16-6-4-3-5-7-16/h3-7,17-18H,2,8-15H2,1H3/t17-,18+/m0/s1. The predicted molar refractivity (Wildman–Crippen MR) is 108 cm³/mol. The van der Waals surface area contributed by atoms with E-state index in [2.05, 4.69) is 51.2 Å². The summed E-state index contributed by atoms with van der Waals surface area (Å²) >= 11 is 1.73.